The predicted molar refractivity (Wildman–Crippen MR) is 119 cm³/mol. The minimum atomic E-state index is -3.66. The van der Waals surface area contributed by atoms with Crippen molar-refractivity contribution >= 4 is 44.4 Å². The molecule has 0 atom stereocenters. The van der Waals surface area contributed by atoms with Crippen LogP contribution >= 0.6 is 11.7 Å². The molecule has 2 aromatic carbocycles. The third-order valence-electron chi connectivity index (χ3n) is 5.41. The van der Waals surface area contributed by atoms with Crippen molar-refractivity contribution < 1.29 is 22.7 Å². The van der Waals surface area contributed by atoms with Crippen LogP contribution in [0.25, 0.3) is 11.0 Å². The number of nitrogens with zero attached hydrogens (tertiary/aromatic N) is 4. The molecule has 2 aliphatic heterocycles. The summed E-state index contributed by atoms with van der Waals surface area (Å²) < 4.78 is 46.9. The van der Waals surface area contributed by atoms with Gasteiger partial charge in [-0.1, -0.05) is 6.07 Å². The van der Waals surface area contributed by atoms with Crippen LogP contribution in [0.3, 0.4) is 0 Å². The lowest BCUT2D eigenvalue weighted by Gasteiger charge is -2.33. The van der Waals surface area contributed by atoms with E-state index in [1.165, 1.54) is 16.4 Å². The predicted octanol–water partition coefficient (Wildman–Crippen LogP) is 1.41. The van der Waals surface area contributed by atoms with Crippen molar-refractivity contribution in [1.29, 1.82) is 0 Å². The smallest absolute Gasteiger partial charge is 0.243 e. The van der Waals surface area contributed by atoms with Gasteiger partial charge in [-0.15, -0.1) is 0 Å². The van der Waals surface area contributed by atoms with Crippen molar-refractivity contribution in [2.24, 2.45) is 0 Å². The Morgan fingerprint density at radius 1 is 1.03 bits per heavy atom. The van der Waals surface area contributed by atoms with Crippen molar-refractivity contribution in [3.8, 4) is 11.5 Å². The van der Waals surface area contributed by atoms with Crippen molar-refractivity contribution in [2.45, 2.75) is 4.90 Å². The Morgan fingerprint density at radius 2 is 1.81 bits per heavy atom. The van der Waals surface area contributed by atoms with Crippen LogP contribution in [0, 0.1) is 0 Å². The fourth-order valence-corrected chi connectivity index (χ4v) is 5.75. The molecule has 0 aliphatic carbocycles. The number of nitrogens with one attached hydrogen (secondary N) is 1. The largest absolute Gasteiger partial charge is 0.486 e. The van der Waals surface area contributed by atoms with Crippen LogP contribution in [-0.4, -0.2) is 78.2 Å². The zero-order chi connectivity index (χ0) is 22.1. The number of hydrogen-bond acceptors (Lipinski definition) is 9. The van der Waals surface area contributed by atoms with E-state index in [9.17, 15) is 13.2 Å². The molecule has 0 saturated carbocycles. The van der Waals surface area contributed by atoms with Gasteiger partial charge in [0.25, 0.3) is 0 Å². The summed E-state index contributed by atoms with van der Waals surface area (Å²) in [4.78, 5) is 14.6. The second kappa shape index (κ2) is 8.62. The molecule has 1 saturated heterocycles. The number of sulfonamides is 1. The van der Waals surface area contributed by atoms with Crippen LogP contribution in [0.15, 0.2) is 41.3 Å². The molecular formula is C20H21N5O5S2. The third kappa shape index (κ3) is 4.13. The van der Waals surface area contributed by atoms with Crippen LogP contribution in [0.4, 0.5) is 5.69 Å². The van der Waals surface area contributed by atoms with Crippen LogP contribution < -0.4 is 14.8 Å². The monoisotopic (exact) mass is 475 g/mol. The second-order valence-corrected chi connectivity index (χ2v) is 9.94. The lowest BCUT2D eigenvalue weighted by molar-refractivity contribution is -0.117. The van der Waals surface area contributed by atoms with E-state index >= 15 is 0 Å². The first kappa shape index (κ1) is 21.1. The second-order valence-electron chi connectivity index (χ2n) is 7.47. The molecule has 1 amide bonds. The molecule has 3 heterocycles. The van der Waals surface area contributed by atoms with E-state index < -0.39 is 10.0 Å². The van der Waals surface area contributed by atoms with E-state index in [1.807, 2.05) is 17.0 Å². The average molecular weight is 476 g/mol. The molecular weight excluding hydrogens is 454 g/mol. The SMILES string of the molecule is O=C(CN1CCN(S(=O)(=O)c2ccc3c(c2)OCCO3)CC1)Nc1cccc2nsnc12. The summed E-state index contributed by atoms with van der Waals surface area (Å²) in [6.45, 7) is 2.53. The minimum absolute atomic E-state index is 0.172. The van der Waals surface area contributed by atoms with Gasteiger partial charge in [-0.3, -0.25) is 9.69 Å². The molecule has 1 fully saturated rings. The Morgan fingerprint density at radius 3 is 2.62 bits per heavy atom. The summed E-state index contributed by atoms with van der Waals surface area (Å²) in [5.74, 6) is 0.821. The molecule has 5 rings (SSSR count). The number of benzene rings is 2. The molecule has 0 bridgehead atoms. The lowest BCUT2D eigenvalue weighted by Crippen LogP contribution is -2.50. The summed E-state index contributed by atoms with van der Waals surface area (Å²) in [6, 6.07) is 10.1. The Labute approximate surface area is 189 Å². The highest BCUT2D eigenvalue weighted by Crippen LogP contribution is 2.33. The molecule has 0 radical (unpaired) electrons. The third-order valence-corrected chi connectivity index (χ3v) is 7.85. The van der Waals surface area contributed by atoms with Gasteiger partial charge in [0.15, 0.2) is 11.5 Å². The Kier molecular flexibility index (Phi) is 5.67. The highest BCUT2D eigenvalue weighted by Gasteiger charge is 2.30. The van der Waals surface area contributed by atoms with Gasteiger partial charge in [0, 0.05) is 32.2 Å². The van der Waals surface area contributed by atoms with Crippen molar-refractivity contribution in [1.82, 2.24) is 18.0 Å². The lowest BCUT2D eigenvalue weighted by atomic mass is 10.2. The number of ether oxygens (including phenoxy) is 2. The maximum atomic E-state index is 13.1. The van der Waals surface area contributed by atoms with Crippen LogP contribution in [0.2, 0.25) is 0 Å². The Hall–Kier alpha value is -2.80. The molecule has 10 nitrogen and oxygen atoms in total. The quantitative estimate of drug-likeness (QED) is 0.589. The molecule has 168 valence electrons. The van der Waals surface area contributed by atoms with E-state index in [2.05, 4.69) is 14.1 Å². The number of hydrogen-bond donors (Lipinski definition) is 1. The number of carbonyl (C=O) groups is 1. The molecule has 32 heavy (non-hydrogen) atoms. The van der Waals surface area contributed by atoms with Gasteiger partial charge in [0.05, 0.1) is 28.9 Å². The van der Waals surface area contributed by atoms with Crippen LogP contribution in [-0.2, 0) is 14.8 Å². The topological polar surface area (TPSA) is 114 Å². The number of aromatic nitrogens is 2. The highest BCUT2D eigenvalue weighted by molar-refractivity contribution is 7.89. The molecule has 12 heteroatoms. The minimum Gasteiger partial charge on any atom is -0.486 e. The molecule has 1 aromatic heterocycles. The van der Waals surface area contributed by atoms with Gasteiger partial charge in [-0.25, -0.2) is 8.42 Å². The summed E-state index contributed by atoms with van der Waals surface area (Å²) in [5.41, 5.74) is 2.04. The molecule has 1 N–H and O–H groups in total. The Bertz CT molecular complexity index is 1250. The first-order chi connectivity index (χ1) is 15.5. The summed E-state index contributed by atoms with van der Waals surface area (Å²) in [7, 11) is -3.66. The maximum absolute atomic E-state index is 13.1. The Balaban J connectivity index is 1.19. The summed E-state index contributed by atoms with van der Waals surface area (Å²) in [6.07, 6.45) is 0. The average Bonchev–Trinajstić information content (AvgIpc) is 3.29. The number of carbonyl (C=O) groups excluding carboxylic acids is 1. The van der Waals surface area contributed by atoms with Gasteiger partial charge in [-0.05, 0) is 24.3 Å². The van der Waals surface area contributed by atoms with E-state index in [4.69, 9.17) is 9.47 Å². The van der Waals surface area contributed by atoms with Gasteiger partial charge >= 0.3 is 0 Å². The van der Waals surface area contributed by atoms with Gasteiger partial charge in [-0.2, -0.15) is 13.1 Å². The summed E-state index contributed by atoms with van der Waals surface area (Å²) in [5, 5.41) is 2.88. The first-order valence-corrected chi connectivity index (χ1v) is 12.3. The number of amides is 1. The normalized spacial score (nSPS) is 17.4. The standard InChI is InChI=1S/C20H21N5O5S2/c26-19(21-15-2-1-3-16-20(15)23-31-22-16)13-24-6-8-25(9-7-24)32(27,28)14-4-5-17-18(12-14)30-11-10-29-17/h1-5,12H,6-11,13H2,(H,21,26). The van der Waals surface area contributed by atoms with Crippen molar-refractivity contribution in [3.63, 3.8) is 0 Å². The van der Waals surface area contributed by atoms with Gasteiger partial charge in [0.1, 0.15) is 24.2 Å². The summed E-state index contributed by atoms with van der Waals surface area (Å²) >= 11 is 1.10. The molecule has 2 aliphatic rings. The number of piperazine rings is 1. The van der Waals surface area contributed by atoms with E-state index in [0.29, 0.717) is 62.1 Å². The van der Waals surface area contributed by atoms with Gasteiger partial charge in [0.2, 0.25) is 15.9 Å². The number of rotatable bonds is 5. The zero-order valence-corrected chi connectivity index (χ0v) is 18.7. The molecule has 3 aromatic rings. The number of anilines is 1. The molecule has 0 spiro atoms. The van der Waals surface area contributed by atoms with E-state index in [-0.39, 0.29) is 17.3 Å². The fraction of sp³-hybridized carbons (Fsp3) is 0.350. The zero-order valence-electron chi connectivity index (χ0n) is 17.1. The maximum Gasteiger partial charge on any atom is 0.243 e. The number of fused-ring (bicyclic) bond motifs is 2. The van der Waals surface area contributed by atoms with Crippen LogP contribution in [0.5, 0.6) is 11.5 Å². The van der Waals surface area contributed by atoms with E-state index in [1.54, 1.807) is 12.1 Å². The van der Waals surface area contributed by atoms with Crippen LogP contribution in [0.1, 0.15) is 0 Å². The highest BCUT2D eigenvalue weighted by atomic mass is 32.2. The molecule has 0 unspecified atom stereocenters. The van der Waals surface area contributed by atoms with Crippen molar-refractivity contribution in [2.75, 3.05) is 51.3 Å². The van der Waals surface area contributed by atoms with Gasteiger partial charge < -0.3 is 14.8 Å². The fourth-order valence-electron chi connectivity index (χ4n) is 3.76. The van der Waals surface area contributed by atoms with Crippen molar-refractivity contribution in [3.05, 3.63) is 36.4 Å². The van der Waals surface area contributed by atoms with E-state index in [0.717, 1.165) is 17.2 Å². The first-order valence-electron chi connectivity index (χ1n) is 10.1.